The molecule has 0 bridgehead atoms. The highest BCUT2D eigenvalue weighted by Gasteiger charge is 2.80. The first-order valence-corrected chi connectivity index (χ1v) is 8.93. The normalized spacial score (nSPS) is 39.3. The van der Waals surface area contributed by atoms with Crippen molar-refractivity contribution < 1.29 is 23.5 Å². The van der Waals surface area contributed by atoms with Crippen LogP contribution < -0.4 is 0 Å². The zero-order valence-electron chi connectivity index (χ0n) is 15.3. The van der Waals surface area contributed by atoms with Crippen molar-refractivity contribution in [3.8, 4) is 0 Å². The van der Waals surface area contributed by atoms with Gasteiger partial charge in [-0.05, 0) is 45.1 Å². The van der Waals surface area contributed by atoms with Crippen LogP contribution in [0.3, 0.4) is 0 Å². The second-order valence-electron chi connectivity index (χ2n) is 7.85. The first-order valence-electron chi connectivity index (χ1n) is 8.93. The molecular weight excluding hydrogens is 320 g/mol. The highest BCUT2D eigenvalue weighted by molar-refractivity contribution is 6.06. The Morgan fingerprint density at radius 1 is 1.40 bits per heavy atom. The Morgan fingerprint density at radius 2 is 2.12 bits per heavy atom. The van der Waals surface area contributed by atoms with Gasteiger partial charge in [-0.1, -0.05) is 19.9 Å². The van der Waals surface area contributed by atoms with Crippen LogP contribution in [0.25, 0.3) is 0 Å². The van der Waals surface area contributed by atoms with Crippen LogP contribution >= 0.6 is 0 Å². The Hall–Kier alpha value is -1.88. The quantitative estimate of drug-likeness (QED) is 0.462. The van der Waals surface area contributed by atoms with E-state index in [4.69, 9.17) is 13.9 Å². The number of hydrogen-bond acceptors (Lipinski definition) is 5. The third kappa shape index (κ3) is 1.82. The lowest BCUT2D eigenvalue weighted by Crippen LogP contribution is -2.57. The molecule has 1 saturated heterocycles. The van der Waals surface area contributed by atoms with Gasteiger partial charge in [0.05, 0.1) is 17.8 Å². The third-order valence-electron chi connectivity index (χ3n) is 6.76. The molecule has 5 atom stereocenters. The molecule has 3 aliphatic rings. The Balaban J connectivity index is 1.90. The van der Waals surface area contributed by atoms with E-state index in [1.807, 2.05) is 20.8 Å². The summed E-state index contributed by atoms with van der Waals surface area (Å²) in [6.45, 7) is 9.59. The second-order valence-corrected chi connectivity index (χ2v) is 7.85. The van der Waals surface area contributed by atoms with Crippen LogP contribution in [0.2, 0.25) is 0 Å². The largest absolute Gasteiger partial charge is 0.460 e. The van der Waals surface area contributed by atoms with E-state index in [1.54, 1.807) is 19.3 Å². The SMILES string of the molecule is C/C=C(/C)C(=O)O[C@@H]1c2c(C)coc2C(=O)[C@@]23OC2CC[C@H](C)[C@@]13C. The summed E-state index contributed by atoms with van der Waals surface area (Å²) in [4.78, 5) is 25.8. The Morgan fingerprint density at radius 3 is 2.80 bits per heavy atom. The highest BCUT2D eigenvalue weighted by Crippen LogP contribution is 2.69. The molecule has 1 aromatic rings. The fourth-order valence-corrected chi connectivity index (χ4v) is 4.81. The standard InChI is InChI=1S/C20H24O5/c1-6-10(2)18(22)24-17-14-11(3)9-23-15(14)16(21)20-13(25-20)8-7-12(4)19(17,20)5/h6,9,12-13,17H,7-8H2,1-5H3/b10-6-/t12-,13?,17+,19-,20-/m0/s1. The number of carbonyl (C=O) groups excluding carboxylic acids is 2. The summed E-state index contributed by atoms with van der Waals surface area (Å²) in [6.07, 6.45) is 4.44. The van der Waals surface area contributed by atoms with Crippen LogP contribution in [0.15, 0.2) is 22.3 Å². The number of allylic oxidation sites excluding steroid dienone is 1. The van der Waals surface area contributed by atoms with Crippen LogP contribution in [0, 0.1) is 18.3 Å². The van der Waals surface area contributed by atoms with Gasteiger partial charge in [0.15, 0.2) is 11.4 Å². The van der Waals surface area contributed by atoms with Crippen molar-refractivity contribution in [1.82, 2.24) is 0 Å². The van der Waals surface area contributed by atoms with E-state index >= 15 is 0 Å². The van der Waals surface area contributed by atoms with Crippen molar-refractivity contribution in [3.63, 3.8) is 0 Å². The number of rotatable bonds is 2. The summed E-state index contributed by atoms with van der Waals surface area (Å²) < 4.78 is 17.6. The van der Waals surface area contributed by atoms with Gasteiger partial charge >= 0.3 is 5.97 Å². The van der Waals surface area contributed by atoms with Crippen molar-refractivity contribution in [3.05, 3.63) is 34.8 Å². The summed E-state index contributed by atoms with van der Waals surface area (Å²) in [7, 11) is 0. The number of aryl methyl sites for hydroxylation is 1. The van der Waals surface area contributed by atoms with E-state index in [-0.39, 0.29) is 23.8 Å². The number of ether oxygens (including phenoxy) is 2. The molecule has 134 valence electrons. The second kappa shape index (κ2) is 5.07. The Labute approximate surface area is 147 Å². The molecular formula is C20H24O5. The number of ketones is 1. The third-order valence-corrected chi connectivity index (χ3v) is 6.76. The lowest BCUT2D eigenvalue weighted by molar-refractivity contribution is -0.161. The van der Waals surface area contributed by atoms with E-state index in [0.29, 0.717) is 16.9 Å². The number of esters is 1. The maximum atomic E-state index is 13.2. The lowest BCUT2D eigenvalue weighted by Gasteiger charge is -2.49. The van der Waals surface area contributed by atoms with Gasteiger partial charge in [0.1, 0.15) is 6.10 Å². The number of fused-ring (bicyclic) bond motifs is 1. The van der Waals surface area contributed by atoms with Gasteiger partial charge in [0, 0.05) is 11.1 Å². The average molecular weight is 344 g/mol. The zero-order chi connectivity index (χ0) is 18.1. The number of Topliss-reactive ketones (excluding diaryl/α,β-unsaturated/α-hetero) is 1. The molecule has 1 spiro atoms. The molecule has 25 heavy (non-hydrogen) atoms. The summed E-state index contributed by atoms with van der Waals surface area (Å²) in [5.74, 6) is 0.0216. The fourth-order valence-electron chi connectivity index (χ4n) is 4.81. The van der Waals surface area contributed by atoms with E-state index in [9.17, 15) is 9.59 Å². The minimum Gasteiger partial charge on any atom is -0.460 e. The number of furan rings is 1. The van der Waals surface area contributed by atoms with Crippen LogP contribution in [0.4, 0.5) is 0 Å². The molecule has 1 aliphatic heterocycles. The highest BCUT2D eigenvalue weighted by atomic mass is 16.6. The molecule has 0 aromatic carbocycles. The minimum absolute atomic E-state index is 0.0929. The molecule has 4 rings (SSSR count). The predicted molar refractivity (Wildman–Crippen MR) is 90.1 cm³/mol. The molecule has 0 N–H and O–H groups in total. The van der Waals surface area contributed by atoms with Gasteiger partial charge < -0.3 is 13.9 Å². The molecule has 1 aromatic heterocycles. The Kier molecular flexibility index (Phi) is 3.36. The number of epoxide rings is 1. The summed E-state index contributed by atoms with van der Waals surface area (Å²) in [5, 5.41) is 0. The van der Waals surface area contributed by atoms with E-state index in [0.717, 1.165) is 18.4 Å². The molecule has 0 amide bonds. The topological polar surface area (TPSA) is 69.0 Å². The zero-order valence-corrected chi connectivity index (χ0v) is 15.3. The monoisotopic (exact) mass is 344 g/mol. The molecule has 1 unspecified atom stereocenters. The molecule has 2 aliphatic carbocycles. The van der Waals surface area contributed by atoms with E-state index in [2.05, 4.69) is 6.92 Å². The molecule has 2 fully saturated rings. The van der Waals surface area contributed by atoms with Crippen molar-refractivity contribution in [1.29, 1.82) is 0 Å². The molecule has 5 heteroatoms. The number of carbonyl (C=O) groups is 2. The summed E-state index contributed by atoms with van der Waals surface area (Å²) >= 11 is 0. The molecule has 0 radical (unpaired) electrons. The number of hydrogen-bond donors (Lipinski definition) is 0. The fraction of sp³-hybridized carbons (Fsp3) is 0.600. The van der Waals surface area contributed by atoms with E-state index < -0.39 is 17.1 Å². The van der Waals surface area contributed by atoms with Crippen LogP contribution in [0.1, 0.15) is 68.3 Å². The van der Waals surface area contributed by atoms with Gasteiger partial charge in [-0.25, -0.2) is 4.79 Å². The molecule has 1 saturated carbocycles. The first kappa shape index (κ1) is 16.6. The van der Waals surface area contributed by atoms with Gasteiger partial charge in [0.2, 0.25) is 5.78 Å². The smallest absolute Gasteiger partial charge is 0.334 e. The van der Waals surface area contributed by atoms with Gasteiger partial charge in [-0.2, -0.15) is 0 Å². The van der Waals surface area contributed by atoms with Crippen molar-refractivity contribution in [2.24, 2.45) is 11.3 Å². The van der Waals surface area contributed by atoms with Gasteiger partial charge in [-0.3, -0.25) is 4.79 Å². The van der Waals surface area contributed by atoms with Crippen molar-refractivity contribution >= 4 is 11.8 Å². The minimum atomic E-state index is -0.920. The van der Waals surface area contributed by atoms with Crippen LogP contribution in [-0.4, -0.2) is 23.5 Å². The lowest BCUT2D eigenvalue weighted by atomic mass is 9.53. The van der Waals surface area contributed by atoms with Crippen LogP contribution in [-0.2, 0) is 14.3 Å². The van der Waals surface area contributed by atoms with Gasteiger partial charge in [0.25, 0.3) is 0 Å². The van der Waals surface area contributed by atoms with Crippen LogP contribution in [0.5, 0.6) is 0 Å². The average Bonchev–Trinajstić information content (AvgIpc) is 3.23. The summed E-state index contributed by atoms with van der Waals surface area (Å²) in [6, 6.07) is 0. The van der Waals surface area contributed by atoms with Crippen molar-refractivity contribution in [2.75, 3.05) is 0 Å². The van der Waals surface area contributed by atoms with E-state index in [1.165, 1.54) is 0 Å². The maximum Gasteiger partial charge on any atom is 0.334 e. The summed E-state index contributed by atoms with van der Waals surface area (Å²) in [5.41, 5.74) is 0.576. The molecule has 2 heterocycles. The van der Waals surface area contributed by atoms with Gasteiger partial charge in [-0.15, -0.1) is 0 Å². The van der Waals surface area contributed by atoms with Crippen molar-refractivity contribution in [2.45, 2.75) is 65.3 Å². The Bertz CT molecular complexity index is 803. The first-order chi connectivity index (χ1) is 11.8. The molecule has 5 nitrogen and oxygen atoms in total. The maximum absolute atomic E-state index is 13.2. The predicted octanol–water partition coefficient (Wildman–Crippen LogP) is 3.91.